The fraction of sp³-hybridized carbons (Fsp3) is 0.308. The molecule has 1 N–H and O–H groups in total. The second kappa shape index (κ2) is 6.52. The van der Waals surface area contributed by atoms with Crippen LogP contribution in [-0.4, -0.2) is 26.8 Å². The Labute approximate surface area is 106 Å². The Morgan fingerprint density at radius 3 is 2.89 bits per heavy atom. The van der Waals surface area contributed by atoms with Crippen LogP contribution in [-0.2, 0) is 6.54 Å². The summed E-state index contributed by atoms with van der Waals surface area (Å²) < 4.78 is 1.73. The second-order valence-electron chi connectivity index (χ2n) is 3.70. The van der Waals surface area contributed by atoms with Gasteiger partial charge in [-0.1, -0.05) is 18.2 Å². The van der Waals surface area contributed by atoms with E-state index in [4.69, 9.17) is 0 Å². The SMILES string of the molecule is CC#CCCNCc1nnnn1-c1ccccc1. The third kappa shape index (κ3) is 3.15. The van der Waals surface area contributed by atoms with Crippen LogP contribution in [0.25, 0.3) is 5.69 Å². The summed E-state index contributed by atoms with van der Waals surface area (Å²) in [5, 5.41) is 15.0. The lowest BCUT2D eigenvalue weighted by molar-refractivity contribution is 0.649. The minimum absolute atomic E-state index is 0.632. The van der Waals surface area contributed by atoms with Crippen LogP contribution >= 0.6 is 0 Å². The van der Waals surface area contributed by atoms with Gasteiger partial charge in [0.15, 0.2) is 5.82 Å². The van der Waals surface area contributed by atoms with E-state index < -0.39 is 0 Å². The second-order valence-corrected chi connectivity index (χ2v) is 3.70. The van der Waals surface area contributed by atoms with Gasteiger partial charge in [0.05, 0.1) is 12.2 Å². The number of hydrogen-bond donors (Lipinski definition) is 1. The fourth-order valence-electron chi connectivity index (χ4n) is 1.56. The van der Waals surface area contributed by atoms with Crippen LogP contribution in [0.1, 0.15) is 19.2 Å². The Balaban J connectivity index is 1.97. The van der Waals surface area contributed by atoms with E-state index in [0.29, 0.717) is 6.54 Å². The maximum absolute atomic E-state index is 4.01. The normalized spacial score (nSPS) is 9.83. The molecule has 1 heterocycles. The summed E-state index contributed by atoms with van der Waals surface area (Å²) in [4.78, 5) is 0. The molecule has 5 heteroatoms. The first-order valence-corrected chi connectivity index (χ1v) is 5.85. The summed E-state index contributed by atoms with van der Waals surface area (Å²) in [6.45, 7) is 3.31. The number of benzene rings is 1. The van der Waals surface area contributed by atoms with Crippen molar-refractivity contribution in [3.05, 3.63) is 36.2 Å². The van der Waals surface area contributed by atoms with Gasteiger partial charge >= 0.3 is 0 Å². The monoisotopic (exact) mass is 241 g/mol. The molecule has 92 valence electrons. The highest BCUT2D eigenvalue weighted by molar-refractivity contribution is 5.30. The van der Waals surface area contributed by atoms with Gasteiger partial charge in [-0.2, -0.15) is 4.68 Å². The molecule has 0 bridgehead atoms. The van der Waals surface area contributed by atoms with E-state index in [0.717, 1.165) is 24.5 Å². The van der Waals surface area contributed by atoms with Crippen molar-refractivity contribution < 1.29 is 0 Å². The predicted octanol–water partition coefficient (Wildman–Crippen LogP) is 1.17. The van der Waals surface area contributed by atoms with Crippen molar-refractivity contribution in [2.24, 2.45) is 0 Å². The number of nitrogens with zero attached hydrogens (tertiary/aromatic N) is 4. The molecule has 18 heavy (non-hydrogen) atoms. The van der Waals surface area contributed by atoms with E-state index in [1.54, 1.807) is 4.68 Å². The summed E-state index contributed by atoms with van der Waals surface area (Å²) >= 11 is 0. The van der Waals surface area contributed by atoms with Crippen LogP contribution in [0.3, 0.4) is 0 Å². The largest absolute Gasteiger partial charge is 0.309 e. The average Bonchev–Trinajstić information content (AvgIpc) is 2.88. The van der Waals surface area contributed by atoms with Crippen molar-refractivity contribution in [3.63, 3.8) is 0 Å². The van der Waals surface area contributed by atoms with E-state index in [9.17, 15) is 0 Å². The molecular weight excluding hydrogens is 226 g/mol. The van der Waals surface area contributed by atoms with E-state index in [2.05, 4.69) is 32.7 Å². The molecule has 0 fully saturated rings. The van der Waals surface area contributed by atoms with Gasteiger partial charge in [0.2, 0.25) is 0 Å². The lowest BCUT2D eigenvalue weighted by Gasteiger charge is -2.04. The maximum atomic E-state index is 4.01. The standard InChI is InChI=1S/C13H15N5/c1-2-3-7-10-14-11-13-15-16-17-18(13)12-8-5-4-6-9-12/h4-6,8-9,14H,7,10-11H2,1H3. The highest BCUT2D eigenvalue weighted by Gasteiger charge is 2.06. The molecule has 0 radical (unpaired) electrons. The van der Waals surface area contributed by atoms with Gasteiger partial charge in [0.25, 0.3) is 0 Å². The Morgan fingerprint density at radius 2 is 2.11 bits per heavy atom. The number of rotatable bonds is 5. The van der Waals surface area contributed by atoms with Crippen molar-refractivity contribution in [1.29, 1.82) is 0 Å². The highest BCUT2D eigenvalue weighted by Crippen LogP contribution is 2.06. The number of aromatic nitrogens is 4. The van der Waals surface area contributed by atoms with Crippen molar-refractivity contribution in [2.45, 2.75) is 19.9 Å². The summed E-state index contributed by atoms with van der Waals surface area (Å²) in [5.41, 5.74) is 0.965. The van der Waals surface area contributed by atoms with Crippen LogP contribution < -0.4 is 5.32 Å². The van der Waals surface area contributed by atoms with Crippen LogP contribution in [0.2, 0.25) is 0 Å². The summed E-state index contributed by atoms with van der Waals surface area (Å²) in [6.07, 6.45) is 0.837. The molecule has 0 atom stereocenters. The fourth-order valence-corrected chi connectivity index (χ4v) is 1.56. The van der Waals surface area contributed by atoms with Crippen LogP contribution in [0, 0.1) is 11.8 Å². The smallest absolute Gasteiger partial charge is 0.170 e. The molecule has 0 aliphatic carbocycles. The molecule has 0 spiro atoms. The Hall–Kier alpha value is -2.19. The lowest BCUT2D eigenvalue weighted by atomic mass is 10.3. The first kappa shape index (κ1) is 12.3. The highest BCUT2D eigenvalue weighted by atomic mass is 15.5. The molecule has 0 unspecified atom stereocenters. The maximum Gasteiger partial charge on any atom is 0.170 e. The quantitative estimate of drug-likeness (QED) is 0.630. The molecule has 0 aliphatic rings. The predicted molar refractivity (Wildman–Crippen MR) is 68.9 cm³/mol. The third-order valence-corrected chi connectivity index (χ3v) is 2.42. The van der Waals surface area contributed by atoms with Gasteiger partial charge < -0.3 is 5.32 Å². The molecule has 2 rings (SSSR count). The van der Waals surface area contributed by atoms with Crippen LogP contribution in [0.15, 0.2) is 30.3 Å². The van der Waals surface area contributed by atoms with Crippen molar-refractivity contribution in [2.75, 3.05) is 6.54 Å². The summed E-state index contributed by atoms with van der Waals surface area (Å²) in [5.74, 6) is 6.66. The lowest BCUT2D eigenvalue weighted by Crippen LogP contribution is -2.17. The van der Waals surface area contributed by atoms with Gasteiger partial charge in [-0.3, -0.25) is 0 Å². The molecule has 5 nitrogen and oxygen atoms in total. The molecule has 0 amide bonds. The first-order valence-electron chi connectivity index (χ1n) is 5.85. The Morgan fingerprint density at radius 1 is 1.28 bits per heavy atom. The minimum atomic E-state index is 0.632. The van der Waals surface area contributed by atoms with Gasteiger partial charge in [-0.25, -0.2) is 0 Å². The molecular formula is C13H15N5. The van der Waals surface area contributed by atoms with Crippen molar-refractivity contribution in [3.8, 4) is 17.5 Å². The zero-order chi connectivity index (χ0) is 12.6. The van der Waals surface area contributed by atoms with Gasteiger partial charge in [-0.15, -0.1) is 16.9 Å². The van der Waals surface area contributed by atoms with Gasteiger partial charge in [0.1, 0.15) is 0 Å². The Kier molecular flexibility index (Phi) is 4.45. The minimum Gasteiger partial charge on any atom is -0.309 e. The number of hydrogen-bond acceptors (Lipinski definition) is 4. The zero-order valence-corrected chi connectivity index (χ0v) is 10.3. The van der Waals surface area contributed by atoms with Crippen molar-refractivity contribution >= 4 is 0 Å². The summed E-state index contributed by atoms with van der Waals surface area (Å²) in [6, 6.07) is 9.84. The zero-order valence-electron chi connectivity index (χ0n) is 10.3. The topological polar surface area (TPSA) is 55.6 Å². The summed E-state index contributed by atoms with van der Waals surface area (Å²) in [7, 11) is 0. The van der Waals surface area contributed by atoms with Crippen LogP contribution in [0.5, 0.6) is 0 Å². The van der Waals surface area contributed by atoms with E-state index in [-0.39, 0.29) is 0 Å². The van der Waals surface area contributed by atoms with Gasteiger partial charge in [0, 0.05) is 13.0 Å². The Bertz CT molecular complexity index is 535. The van der Waals surface area contributed by atoms with E-state index in [1.807, 2.05) is 37.3 Å². The van der Waals surface area contributed by atoms with E-state index >= 15 is 0 Å². The van der Waals surface area contributed by atoms with Gasteiger partial charge in [-0.05, 0) is 29.5 Å². The molecule has 0 aliphatic heterocycles. The van der Waals surface area contributed by atoms with Crippen LogP contribution in [0.4, 0.5) is 0 Å². The molecule has 0 saturated carbocycles. The first-order chi connectivity index (χ1) is 8.92. The number of nitrogens with one attached hydrogen (secondary N) is 1. The molecule has 0 saturated heterocycles. The van der Waals surface area contributed by atoms with E-state index in [1.165, 1.54) is 0 Å². The average molecular weight is 241 g/mol. The molecule has 1 aromatic carbocycles. The third-order valence-electron chi connectivity index (χ3n) is 2.42. The molecule has 2 aromatic rings. The number of tetrazole rings is 1. The number of para-hydroxylation sites is 1. The molecule has 1 aromatic heterocycles. The van der Waals surface area contributed by atoms with Crippen molar-refractivity contribution in [1.82, 2.24) is 25.5 Å².